The number of ketones is 1. The van der Waals surface area contributed by atoms with Gasteiger partial charge in [0.15, 0.2) is 5.78 Å². The van der Waals surface area contributed by atoms with Crippen LogP contribution in [0.25, 0.3) is 0 Å². The number of carbonyl (C=O) groups excluding carboxylic acids is 3. The van der Waals surface area contributed by atoms with Crippen LogP contribution in [0.5, 0.6) is 5.75 Å². The van der Waals surface area contributed by atoms with Crippen LogP contribution in [0.1, 0.15) is 64.4 Å². The number of dihydropyridines is 1. The Morgan fingerprint density at radius 3 is 2.53 bits per heavy atom. The van der Waals surface area contributed by atoms with Gasteiger partial charge in [-0.25, -0.2) is 4.79 Å². The van der Waals surface area contributed by atoms with Crippen LogP contribution in [-0.2, 0) is 23.9 Å². The Morgan fingerprint density at radius 1 is 1.15 bits per heavy atom. The zero-order valence-corrected chi connectivity index (χ0v) is 20.3. The smallest absolute Gasteiger partial charge is 0.337 e. The molecule has 34 heavy (non-hydrogen) atoms. The van der Waals surface area contributed by atoms with Gasteiger partial charge in [0, 0.05) is 22.5 Å². The number of hydrogen-bond donors (Lipinski definition) is 1. The molecule has 0 aromatic heterocycles. The number of rotatable bonds is 6. The maximum absolute atomic E-state index is 13.8. The van der Waals surface area contributed by atoms with Crippen molar-refractivity contribution in [1.29, 1.82) is 0 Å². The molecule has 1 aromatic rings. The average molecular weight is 468 g/mol. The van der Waals surface area contributed by atoms with Gasteiger partial charge in [-0.15, -0.1) is 0 Å². The predicted octanol–water partition coefficient (Wildman–Crippen LogP) is 4.18. The monoisotopic (exact) mass is 467 g/mol. The fourth-order valence-corrected chi connectivity index (χ4v) is 5.49. The molecule has 1 aliphatic heterocycles. The van der Waals surface area contributed by atoms with Crippen molar-refractivity contribution in [3.63, 3.8) is 0 Å². The quantitative estimate of drug-likeness (QED) is 0.496. The number of esters is 2. The van der Waals surface area contributed by atoms with Gasteiger partial charge in [0.25, 0.3) is 0 Å². The summed E-state index contributed by atoms with van der Waals surface area (Å²) in [6, 6.07) is 7.44. The fraction of sp³-hybridized carbons (Fsp3) is 0.519. The van der Waals surface area contributed by atoms with Gasteiger partial charge in [0.05, 0.1) is 25.2 Å². The summed E-state index contributed by atoms with van der Waals surface area (Å²) in [5, 5.41) is 3.31. The number of nitrogens with one attached hydrogen (secondary N) is 1. The van der Waals surface area contributed by atoms with E-state index in [9.17, 15) is 14.4 Å². The third-order valence-electron chi connectivity index (χ3n) is 7.07. The van der Waals surface area contributed by atoms with E-state index < -0.39 is 23.8 Å². The molecule has 1 saturated carbocycles. The lowest BCUT2D eigenvalue weighted by Crippen LogP contribution is -2.43. The van der Waals surface area contributed by atoms with Crippen molar-refractivity contribution in [2.45, 2.75) is 64.9 Å². The van der Waals surface area contributed by atoms with E-state index in [0.717, 1.165) is 31.4 Å². The lowest BCUT2D eigenvalue weighted by molar-refractivity contribution is -0.151. The molecule has 7 nitrogen and oxygen atoms in total. The molecule has 4 rings (SSSR count). The van der Waals surface area contributed by atoms with Gasteiger partial charge in [0.2, 0.25) is 0 Å². The van der Waals surface area contributed by atoms with E-state index in [4.69, 9.17) is 14.2 Å². The summed E-state index contributed by atoms with van der Waals surface area (Å²) in [6.07, 6.45) is 4.15. The lowest BCUT2D eigenvalue weighted by atomic mass is 9.69. The molecule has 1 heterocycles. The highest BCUT2D eigenvalue weighted by Crippen LogP contribution is 2.47. The maximum Gasteiger partial charge on any atom is 0.337 e. The maximum atomic E-state index is 13.8. The molecule has 182 valence electrons. The Morgan fingerprint density at radius 2 is 1.85 bits per heavy atom. The molecule has 0 saturated heterocycles. The molecular weight excluding hydrogens is 434 g/mol. The summed E-state index contributed by atoms with van der Waals surface area (Å²) in [6.45, 7) is 6.04. The highest BCUT2D eigenvalue weighted by atomic mass is 16.5. The van der Waals surface area contributed by atoms with E-state index in [1.54, 1.807) is 0 Å². The molecule has 1 fully saturated rings. The second kappa shape index (κ2) is 10.0. The standard InChI is InChI=1S/C27H33NO6/c1-5-33-20-13-9-8-12-18(20)23-22(27(31)34-17-10-6-7-11-17)16(3)28-19-14-15(2)21(26(30)32-4)25(29)24(19)23/h8-9,12-13,15,17,21,23,28H,5-7,10-11,14H2,1-4H3/t15-,21+,23-/m1/s1. The van der Waals surface area contributed by atoms with E-state index in [1.807, 2.05) is 45.0 Å². The number of ether oxygens (including phenoxy) is 3. The Balaban J connectivity index is 1.84. The molecule has 0 radical (unpaired) electrons. The summed E-state index contributed by atoms with van der Waals surface area (Å²) >= 11 is 0. The number of hydrogen-bond acceptors (Lipinski definition) is 7. The minimum atomic E-state index is -0.919. The van der Waals surface area contributed by atoms with Crippen LogP contribution in [0.15, 0.2) is 46.8 Å². The van der Waals surface area contributed by atoms with Gasteiger partial charge in [0.1, 0.15) is 17.8 Å². The van der Waals surface area contributed by atoms with Crippen LogP contribution in [-0.4, -0.2) is 37.5 Å². The van der Waals surface area contributed by atoms with Crippen molar-refractivity contribution >= 4 is 17.7 Å². The topological polar surface area (TPSA) is 90.9 Å². The molecule has 0 amide bonds. The van der Waals surface area contributed by atoms with Gasteiger partial charge in [-0.3, -0.25) is 9.59 Å². The molecule has 1 N–H and O–H groups in total. The first kappa shape index (κ1) is 24.0. The minimum Gasteiger partial charge on any atom is -0.494 e. The molecule has 1 aromatic carbocycles. The predicted molar refractivity (Wildman–Crippen MR) is 126 cm³/mol. The van der Waals surface area contributed by atoms with E-state index in [-0.39, 0.29) is 17.8 Å². The first-order valence-corrected chi connectivity index (χ1v) is 12.1. The summed E-state index contributed by atoms with van der Waals surface area (Å²) in [5.74, 6) is -2.54. The molecule has 0 spiro atoms. The van der Waals surface area contributed by atoms with Crippen molar-refractivity contribution in [2.75, 3.05) is 13.7 Å². The van der Waals surface area contributed by atoms with Gasteiger partial charge < -0.3 is 19.5 Å². The van der Waals surface area contributed by atoms with Crippen LogP contribution in [0.2, 0.25) is 0 Å². The summed E-state index contributed by atoms with van der Waals surface area (Å²) in [5.41, 5.74) is 2.93. The molecule has 2 aliphatic carbocycles. The molecule has 3 aliphatic rings. The molecule has 3 atom stereocenters. The first-order chi connectivity index (χ1) is 16.4. The summed E-state index contributed by atoms with van der Waals surface area (Å²) in [7, 11) is 1.29. The van der Waals surface area contributed by atoms with E-state index >= 15 is 0 Å². The molecule has 0 unspecified atom stereocenters. The van der Waals surface area contributed by atoms with Crippen LogP contribution < -0.4 is 10.1 Å². The number of allylic oxidation sites excluding steroid dienone is 3. The van der Waals surface area contributed by atoms with Crippen molar-refractivity contribution in [3.05, 3.63) is 52.4 Å². The van der Waals surface area contributed by atoms with Crippen LogP contribution >= 0.6 is 0 Å². The highest BCUT2D eigenvalue weighted by Gasteiger charge is 2.48. The minimum absolute atomic E-state index is 0.115. The third kappa shape index (κ3) is 4.36. The number of para-hydroxylation sites is 1. The largest absolute Gasteiger partial charge is 0.494 e. The highest BCUT2D eigenvalue weighted by molar-refractivity contribution is 6.12. The Kier molecular flexibility index (Phi) is 7.10. The number of benzene rings is 1. The zero-order valence-electron chi connectivity index (χ0n) is 20.3. The Labute approximate surface area is 200 Å². The molecule has 0 bridgehead atoms. The van der Waals surface area contributed by atoms with Gasteiger partial charge in [-0.05, 0) is 57.9 Å². The van der Waals surface area contributed by atoms with Crippen molar-refractivity contribution in [1.82, 2.24) is 5.32 Å². The first-order valence-electron chi connectivity index (χ1n) is 12.1. The zero-order chi connectivity index (χ0) is 24.4. The molecule has 7 heteroatoms. The van der Waals surface area contributed by atoms with Gasteiger partial charge in [-0.2, -0.15) is 0 Å². The second-order valence-corrected chi connectivity index (χ2v) is 9.32. The van der Waals surface area contributed by atoms with E-state index in [0.29, 0.717) is 41.2 Å². The Hall–Kier alpha value is -3.09. The third-order valence-corrected chi connectivity index (χ3v) is 7.07. The van der Waals surface area contributed by atoms with E-state index in [1.165, 1.54) is 7.11 Å². The lowest BCUT2D eigenvalue weighted by Gasteiger charge is -2.38. The average Bonchev–Trinajstić information content (AvgIpc) is 3.31. The van der Waals surface area contributed by atoms with Gasteiger partial charge in [-0.1, -0.05) is 25.1 Å². The number of Topliss-reactive ketones (excluding diaryl/α,β-unsaturated/α-hetero) is 1. The van der Waals surface area contributed by atoms with Crippen LogP contribution in [0.4, 0.5) is 0 Å². The van der Waals surface area contributed by atoms with Crippen molar-refractivity contribution < 1.29 is 28.6 Å². The second-order valence-electron chi connectivity index (χ2n) is 9.32. The van der Waals surface area contributed by atoms with Gasteiger partial charge >= 0.3 is 11.9 Å². The van der Waals surface area contributed by atoms with Crippen LogP contribution in [0, 0.1) is 11.8 Å². The number of carbonyl (C=O) groups is 3. The summed E-state index contributed by atoms with van der Waals surface area (Å²) in [4.78, 5) is 39.9. The normalized spacial score (nSPS) is 25.1. The van der Waals surface area contributed by atoms with E-state index in [2.05, 4.69) is 5.32 Å². The Bertz CT molecular complexity index is 1050. The van der Waals surface area contributed by atoms with Crippen molar-refractivity contribution in [3.8, 4) is 5.75 Å². The summed E-state index contributed by atoms with van der Waals surface area (Å²) < 4.78 is 16.8. The fourth-order valence-electron chi connectivity index (χ4n) is 5.49. The number of methoxy groups -OCH3 is 1. The van der Waals surface area contributed by atoms with Crippen molar-refractivity contribution in [2.24, 2.45) is 11.8 Å². The van der Waals surface area contributed by atoms with Crippen LogP contribution in [0.3, 0.4) is 0 Å². The molecular formula is C27H33NO6. The SMILES string of the molecule is CCOc1ccccc1[C@@H]1C(C(=O)OC2CCCC2)=C(C)NC2=C1C(=O)[C@@H](C(=O)OC)[C@H](C)C2.